The van der Waals surface area contributed by atoms with Crippen LogP contribution in [0.15, 0.2) is 12.1 Å². The fraction of sp³-hybridized carbons (Fsp3) is 0.920. The maximum Gasteiger partial charge on any atom is 0.485 e. The molecule has 29 heavy (non-hydrogen) atoms. The Morgan fingerprint density at radius 1 is 0.828 bits per heavy atom. The molecule has 0 radical (unpaired) electrons. The molecule has 0 spiro atoms. The van der Waals surface area contributed by atoms with Crippen molar-refractivity contribution < 1.29 is 9.31 Å². The van der Waals surface area contributed by atoms with E-state index < -0.39 is 0 Å². The smallest absolute Gasteiger partial charge is 0.405 e. The van der Waals surface area contributed by atoms with Crippen LogP contribution in [0.1, 0.15) is 67.2 Å². The van der Waals surface area contributed by atoms with Gasteiger partial charge in [0.15, 0.2) is 6.71 Å². The Morgan fingerprint density at radius 3 is 1.72 bits per heavy atom. The molecule has 8 atom stereocenters. The SMILES string of the molecule is C[C@@H]1[C@H]2C[C@@H](C[C@H]1B(C/C=C/B1OCCO1)[C@@H]1C[C@@H]3C[C@H]([C@H]1C)C3(C)C)C2(C)C. The van der Waals surface area contributed by atoms with Crippen molar-refractivity contribution in [3.8, 4) is 0 Å². The number of allylic oxidation sites excluding steroid dienone is 1. The van der Waals surface area contributed by atoms with E-state index in [2.05, 4.69) is 53.6 Å². The molecule has 0 aromatic carbocycles. The number of fused-ring (bicyclic) bond motifs is 4. The van der Waals surface area contributed by atoms with Gasteiger partial charge in [0.1, 0.15) is 0 Å². The molecule has 1 heterocycles. The minimum Gasteiger partial charge on any atom is -0.405 e. The molecular formula is C25H42B2O2. The van der Waals surface area contributed by atoms with Crippen LogP contribution in [0.4, 0.5) is 0 Å². The van der Waals surface area contributed by atoms with E-state index >= 15 is 0 Å². The van der Waals surface area contributed by atoms with Gasteiger partial charge in [-0.2, -0.15) is 0 Å². The van der Waals surface area contributed by atoms with Crippen molar-refractivity contribution in [3.05, 3.63) is 12.1 Å². The number of hydrogen-bond donors (Lipinski definition) is 0. The summed E-state index contributed by atoms with van der Waals surface area (Å²) in [5.74, 6) is 9.61. The van der Waals surface area contributed by atoms with E-state index in [9.17, 15) is 0 Å². The largest absolute Gasteiger partial charge is 0.485 e. The summed E-state index contributed by atoms with van der Waals surface area (Å²) in [6.07, 6.45) is 9.60. The average molecular weight is 396 g/mol. The maximum atomic E-state index is 5.66. The van der Waals surface area contributed by atoms with Crippen molar-refractivity contribution in [1.82, 2.24) is 0 Å². The molecule has 7 rings (SSSR count). The van der Waals surface area contributed by atoms with Crippen LogP contribution in [0, 0.1) is 46.3 Å². The zero-order valence-corrected chi connectivity index (χ0v) is 19.7. The Bertz CT molecular complexity index is 611. The summed E-state index contributed by atoms with van der Waals surface area (Å²) in [5, 5.41) is 0. The van der Waals surface area contributed by atoms with Crippen molar-refractivity contribution >= 4 is 13.8 Å². The molecule has 6 aliphatic carbocycles. The van der Waals surface area contributed by atoms with Gasteiger partial charge in [0.25, 0.3) is 0 Å². The standard InChI is InChI=1S/C25H42B2O2/c1-16-20-12-18(24(20,3)4)14-22(16)26(8-7-9-27-28-10-11-29-27)23-15-19-13-21(17(23)2)25(19,5)6/h7,9,16-23H,8,10-15H2,1-6H3/b9-7+/t16-,17-,18+,19+,20-,21-,22-,23-/m1/s1. The van der Waals surface area contributed by atoms with E-state index in [-0.39, 0.29) is 7.12 Å². The van der Waals surface area contributed by atoms with E-state index in [4.69, 9.17) is 9.31 Å². The summed E-state index contributed by atoms with van der Waals surface area (Å²) >= 11 is 0. The molecule has 0 aromatic rings. The van der Waals surface area contributed by atoms with Crippen molar-refractivity contribution in [3.63, 3.8) is 0 Å². The van der Waals surface area contributed by atoms with Crippen LogP contribution < -0.4 is 0 Å². The summed E-state index contributed by atoms with van der Waals surface area (Å²) < 4.78 is 11.3. The first-order valence-corrected chi connectivity index (χ1v) is 12.6. The maximum absolute atomic E-state index is 5.66. The van der Waals surface area contributed by atoms with Crippen LogP contribution in [0.5, 0.6) is 0 Å². The second-order valence-electron chi connectivity index (χ2n) is 12.7. The van der Waals surface area contributed by atoms with E-state index in [0.29, 0.717) is 10.8 Å². The van der Waals surface area contributed by atoms with Crippen molar-refractivity contribution in [1.29, 1.82) is 0 Å². The lowest BCUT2D eigenvalue weighted by Crippen LogP contribution is -2.59. The van der Waals surface area contributed by atoms with E-state index in [1.54, 1.807) is 0 Å². The predicted octanol–water partition coefficient (Wildman–Crippen LogP) is 6.26. The monoisotopic (exact) mass is 396 g/mol. The summed E-state index contributed by atoms with van der Waals surface area (Å²) in [4.78, 5) is 0. The quantitative estimate of drug-likeness (QED) is 0.511. The molecule has 1 saturated heterocycles. The molecule has 0 unspecified atom stereocenters. The lowest BCUT2D eigenvalue weighted by atomic mass is 9.20. The van der Waals surface area contributed by atoms with E-state index in [0.717, 1.165) is 67.1 Å². The lowest BCUT2D eigenvalue weighted by molar-refractivity contribution is -0.107. The molecule has 7 aliphatic rings. The van der Waals surface area contributed by atoms with Gasteiger partial charge in [0.2, 0.25) is 0 Å². The first-order valence-electron chi connectivity index (χ1n) is 12.6. The summed E-state index contributed by atoms with van der Waals surface area (Å²) in [7, 11) is -0.0946. The second-order valence-corrected chi connectivity index (χ2v) is 12.7. The fourth-order valence-electron chi connectivity index (χ4n) is 9.01. The van der Waals surface area contributed by atoms with Gasteiger partial charge in [-0.15, -0.1) is 0 Å². The number of rotatable bonds is 5. The minimum atomic E-state index is -0.0946. The molecule has 6 saturated carbocycles. The molecule has 0 N–H and O–H groups in total. The van der Waals surface area contributed by atoms with Crippen molar-refractivity contribution in [2.75, 3.05) is 13.2 Å². The highest BCUT2D eigenvalue weighted by atomic mass is 16.6. The van der Waals surface area contributed by atoms with Crippen LogP contribution in [0.25, 0.3) is 0 Å². The molecule has 1 aliphatic heterocycles. The topological polar surface area (TPSA) is 18.5 Å². The van der Waals surface area contributed by atoms with Crippen molar-refractivity contribution in [2.24, 2.45) is 46.3 Å². The van der Waals surface area contributed by atoms with Gasteiger partial charge < -0.3 is 9.31 Å². The average Bonchev–Trinajstić information content (AvgIpc) is 3.19. The van der Waals surface area contributed by atoms with E-state index in [1.807, 2.05) is 0 Å². The van der Waals surface area contributed by atoms with Gasteiger partial charge >= 0.3 is 7.12 Å². The van der Waals surface area contributed by atoms with Gasteiger partial charge in [0, 0.05) is 0 Å². The number of hydrogen-bond acceptors (Lipinski definition) is 2. The predicted molar refractivity (Wildman–Crippen MR) is 123 cm³/mol. The third kappa shape index (κ3) is 3.13. The van der Waals surface area contributed by atoms with Crippen LogP contribution >= 0.6 is 0 Å². The Kier molecular flexibility index (Phi) is 5.10. The zero-order valence-electron chi connectivity index (χ0n) is 19.7. The van der Waals surface area contributed by atoms with Gasteiger partial charge in [-0.1, -0.05) is 84.4 Å². The second kappa shape index (κ2) is 7.16. The summed E-state index contributed by atoms with van der Waals surface area (Å²) in [5.41, 5.74) is 1.17. The molecular weight excluding hydrogens is 354 g/mol. The van der Waals surface area contributed by atoms with Crippen LogP contribution in [0.2, 0.25) is 18.0 Å². The summed E-state index contributed by atoms with van der Waals surface area (Å²) in [6, 6.07) is 0. The molecule has 7 fully saturated rings. The lowest BCUT2D eigenvalue weighted by Gasteiger charge is -2.66. The fourth-order valence-corrected chi connectivity index (χ4v) is 9.01. The molecule has 4 bridgehead atoms. The van der Waals surface area contributed by atoms with Crippen LogP contribution in [-0.4, -0.2) is 27.0 Å². The highest BCUT2D eigenvalue weighted by Crippen LogP contribution is 2.69. The van der Waals surface area contributed by atoms with Crippen molar-refractivity contribution in [2.45, 2.75) is 85.2 Å². The zero-order chi connectivity index (χ0) is 20.6. The molecule has 2 nitrogen and oxygen atoms in total. The van der Waals surface area contributed by atoms with Gasteiger partial charge in [0.05, 0.1) is 13.2 Å². The third-order valence-corrected chi connectivity index (χ3v) is 11.3. The molecule has 160 valence electrons. The Morgan fingerprint density at radius 2 is 1.31 bits per heavy atom. The first kappa shape index (κ1) is 20.7. The van der Waals surface area contributed by atoms with Gasteiger partial charge in [-0.25, -0.2) is 0 Å². The highest BCUT2D eigenvalue weighted by molar-refractivity contribution is 6.63. The summed E-state index contributed by atoms with van der Waals surface area (Å²) in [6.45, 7) is 17.7. The minimum absolute atomic E-state index is 0.0946. The molecule has 0 aromatic heterocycles. The third-order valence-electron chi connectivity index (χ3n) is 11.3. The first-order chi connectivity index (χ1) is 13.7. The van der Waals surface area contributed by atoms with Crippen LogP contribution in [0.3, 0.4) is 0 Å². The Labute approximate surface area is 180 Å². The Hall–Kier alpha value is -0.210. The Balaban J connectivity index is 1.35. The van der Waals surface area contributed by atoms with Gasteiger partial charge in [-0.05, 0) is 59.2 Å². The van der Waals surface area contributed by atoms with E-state index in [1.165, 1.54) is 32.0 Å². The van der Waals surface area contributed by atoms with Crippen LogP contribution in [-0.2, 0) is 9.31 Å². The highest BCUT2D eigenvalue weighted by Gasteiger charge is 2.62. The van der Waals surface area contributed by atoms with Gasteiger partial charge in [-0.3, -0.25) is 0 Å². The molecule has 4 heteroatoms. The normalized spacial score (nSPS) is 47.0. The molecule has 0 amide bonds.